The first-order valence-corrected chi connectivity index (χ1v) is 5.36. The first-order chi connectivity index (χ1) is 7.13. The number of aryl methyl sites for hydroxylation is 2. The molecular formula is C12H21N3. The van der Waals surface area contributed by atoms with Crippen LogP contribution in [0.1, 0.15) is 16.7 Å². The zero-order valence-electron chi connectivity index (χ0n) is 9.59. The summed E-state index contributed by atoms with van der Waals surface area (Å²) in [7, 11) is 0. The molecule has 1 aromatic carbocycles. The molecule has 1 rings (SSSR count). The fraction of sp³-hybridized carbons (Fsp3) is 0.500. The fourth-order valence-corrected chi connectivity index (χ4v) is 1.52. The Bertz CT molecular complexity index is 310. The van der Waals surface area contributed by atoms with E-state index in [-0.39, 0.29) is 6.04 Å². The molecule has 0 aliphatic rings. The standard InChI is InChI=1S/C12H21N3/c1-9-3-4-11(10(2)5-9)7-15-8-12(14)6-13/h3-5,12,15H,6-8,13-14H2,1-2H3. The molecule has 0 aliphatic carbocycles. The average Bonchev–Trinajstić information content (AvgIpc) is 2.21. The first-order valence-electron chi connectivity index (χ1n) is 5.36. The van der Waals surface area contributed by atoms with E-state index in [2.05, 4.69) is 37.4 Å². The van der Waals surface area contributed by atoms with Crippen LogP contribution < -0.4 is 16.8 Å². The van der Waals surface area contributed by atoms with E-state index in [4.69, 9.17) is 11.5 Å². The molecule has 0 heterocycles. The smallest absolute Gasteiger partial charge is 0.0290 e. The van der Waals surface area contributed by atoms with E-state index in [9.17, 15) is 0 Å². The number of hydrogen-bond acceptors (Lipinski definition) is 3. The fourth-order valence-electron chi connectivity index (χ4n) is 1.52. The normalized spacial score (nSPS) is 12.8. The van der Waals surface area contributed by atoms with Crippen LogP contribution in [0.15, 0.2) is 18.2 Å². The molecule has 0 aliphatic heterocycles. The third-order valence-electron chi connectivity index (χ3n) is 2.52. The summed E-state index contributed by atoms with van der Waals surface area (Å²) in [5.41, 5.74) is 15.1. The van der Waals surface area contributed by atoms with E-state index in [1.807, 2.05) is 0 Å². The Hall–Kier alpha value is -0.900. The van der Waals surface area contributed by atoms with Gasteiger partial charge in [0.1, 0.15) is 0 Å². The van der Waals surface area contributed by atoms with Gasteiger partial charge >= 0.3 is 0 Å². The maximum Gasteiger partial charge on any atom is 0.0290 e. The SMILES string of the molecule is Cc1ccc(CNCC(N)CN)c(C)c1. The van der Waals surface area contributed by atoms with Crippen LogP contribution in [0.5, 0.6) is 0 Å². The Morgan fingerprint density at radius 2 is 2.07 bits per heavy atom. The molecule has 0 radical (unpaired) electrons. The Morgan fingerprint density at radius 3 is 2.67 bits per heavy atom. The minimum Gasteiger partial charge on any atom is -0.329 e. The molecule has 0 bridgehead atoms. The van der Waals surface area contributed by atoms with Gasteiger partial charge in [0.15, 0.2) is 0 Å². The summed E-state index contributed by atoms with van der Waals surface area (Å²) in [5.74, 6) is 0. The second-order valence-electron chi connectivity index (χ2n) is 4.06. The van der Waals surface area contributed by atoms with Crippen molar-refractivity contribution >= 4 is 0 Å². The summed E-state index contributed by atoms with van der Waals surface area (Å²) >= 11 is 0. The number of hydrogen-bond donors (Lipinski definition) is 3. The molecule has 5 N–H and O–H groups in total. The lowest BCUT2D eigenvalue weighted by atomic mass is 10.1. The molecule has 1 atom stereocenters. The number of nitrogens with two attached hydrogens (primary N) is 2. The molecule has 1 aromatic rings. The van der Waals surface area contributed by atoms with Gasteiger partial charge in [0.2, 0.25) is 0 Å². The molecule has 1 unspecified atom stereocenters. The maximum atomic E-state index is 5.71. The van der Waals surface area contributed by atoms with E-state index in [0.717, 1.165) is 13.1 Å². The van der Waals surface area contributed by atoms with Gasteiger partial charge in [-0.15, -0.1) is 0 Å². The molecule has 0 saturated carbocycles. The molecule has 0 saturated heterocycles. The summed E-state index contributed by atoms with van der Waals surface area (Å²) < 4.78 is 0. The van der Waals surface area contributed by atoms with Crippen LogP contribution >= 0.6 is 0 Å². The molecule has 15 heavy (non-hydrogen) atoms. The molecule has 3 nitrogen and oxygen atoms in total. The van der Waals surface area contributed by atoms with Crippen LogP contribution in [0, 0.1) is 13.8 Å². The van der Waals surface area contributed by atoms with Crippen LogP contribution in [0.25, 0.3) is 0 Å². The van der Waals surface area contributed by atoms with Gasteiger partial charge in [0, 0.05) is 25.7 Å². The number of nitrogens with one attached hydrogen (secondary N) is 1. The van der Waals surface area contributed by atoms with E-state index >= 15 is 0 Å². The minimum absolute atomic E-state index is 0.0516. The van der Waals surface area contributed by atoms with Gasteiger partial charge in [0.25, 0.3) is 0 Å². The van der Waals surface area contributed by atoms with Crippen LogP contribution in [-0.2, 0) is 6.54 Å². The predicted molar refractivity (Wildman–Crippen MR) is 64.7 cm³/mol. The van der Waals surface area contributed by atoms with Gasteiger partial charge in [-0.05, 0) is 25.0 Å². The first kappa shape index (κ1) is 12.2. The third-order valence-corrected chi connectivity index (χ3v) is 2.52. The third kappa shape index (κ3) is 4.00. The molecule has 0 fully saturated rings. The van der Waals surface area contributed by atoms with Crippen molar-refractivity contribution in [1.29, 1.82) is 0 Å². The molecule has 0 aromatic heterocycles. The minimum atomic E-state index is 0.0516. The monoisotopic (exact) mass is 207 g/mol. The lowest BCUT2D eigenvalue weighted by molar-refractivity contribution is 0.581. The van der Waals surface area contributed by atoms with Crippen molar-refractivity contribution in [2.75, 3.05) is 13.1 Å². The Morgan fingerprint density at radius 1 is 1.33 bits per heavy atom. The van der Waals surface area contributed by atoms with Crippen molar-refractivity contribution in [1.82, 2.24) is 5.32 Å². The van der Waals surface area contributed by atoms with Crippen LogP contribution in [0.2, 0.25) is 0 Å². The lowest BCUT2D eigenvalue weighted by Crippen LogP contribution is -2.39. The zero-order chi connectivity index (χ0) is 11.3. The number of benzene rings is 1. The van der Waals surface area contributed by atoms with Crippen molar-refractivity contribution in [3.63, 3.8) is 0 Å². The number of rotatable bonds is 5. The second-order valence-corrected chi connectivity index (χ2v) is 4.06. The second kappa shape index (κ2) is 5.85. The van der Waals surface area contributed by atoms with Crippen LogP contribution in [-0.4, -0.2) is 19.1 Å². The summed E-state index contributed by atoms with van der Waals surface area (Å²) in [6.45, 7) is 6.39. The van der Waals surface area contributed by atoms with Gasteiger partial charge in [-0.1, -0.05) is 23.8 Å². The van der Waals surface area contributed by atoms with Crippen molar-refractivity contribution in [2.45, 2.75) is 26.4 Å². The van der Waals surface area contributed by atoms with Gasteiger partial charge < -0.3 is 16.8 Å². The van der Waals surface area contributed by atoms with E-state index in [1.54, 1.807) is 0 Å². The van der Waals surface area contributed by atoms with E-state index in [0.29, 0.717) is 6.54 Å². The highest BCUT2D eigenvalue weighted by molar-refractivity contribution is 5.30. The van der Waals surface area contributed by atoms with Gasteiger partial charge in [-0.25, -0.2) is 0 Å². The quantitative estimate of drug-likeness (QED) is 0.665. The maximum absolute atomic E-state index is 5.71. The Kier molecular flexibility index (Phi) is 4.75. The average molecular weight is 207 g/mol. The molecule has 0 amide bonds. The van der Waals surface area contributed by atoms with E-state index < -0.39 is 0 Å². The highest BCUT2D eigenvalue weighted by Crippen LogP contribution is 2.09. The zero-order valence-corrected chi connectivity index (χ0v) is 9.59. The molecule has 84 valence electrons. The topological polar surface area (TPSA) is 64.1 Å². The van der Waals surface area contributed by atoms with Crippen molar-refractivity contribution < 1.29 is 0 Å². The summed E-state index contributed by atoms with van der Waals surface area (Å²) in [6, 6.07) is 6.54. The highest BCUT2D eigenvalue weighted by Gasteiger charge is 2.00. The van der Waals surface area contributed by atoms with E-state index in [1.165, 1.54) is 16.7 Å². The lowest BCUT2D eigenvalue weighted by Gasteiger charge is -2.11. The van der Waals surface area contributed by atoms with Gasteiger partial charge in [0.05, 0.1) is 0 Å². The Balaban J connectivity index is 2.44. The summed E-state index contributed by atoms with van der Waals surface area (Å²) in [4.78, 5) is 0. The van der Waals surface area contributed by atoms with Crippen molar-refractivity contribution in [3.05, 3.63) is 34.9 Å². The Labute approximate surface area is 91.9 Å². The van der Waals surface area contributed by atoms with Crippen LogP contribution in [0.4, 0.5) is 0 Å². The van der Waals surface area contributed by atoms with Crippen molar-refractivity contribution in [3.8, 4) is 0 Å². The van der Waals surface area contributed by atoms with Crippen LogP contribution in [0.3, 0.4) is 0 Å². The molecular weight excluding hydrogens is 186 g/mol. The van der Waals surface area contributed by atoms with Gasteiger partial charge in [-0.3, -0.25) is 0 Å². The molecule has 3 heteroatoms. The molecule has 0 spiro atoms. The van der Waals surface area contributed by atoms with Crippen molar-refractivity contribution in [2.24, 2.45) is 11.5 Å². The van der Waals surface area contributed by atoms with Gasteiger partial charge in [-0.2, -0.15) is 0 Å². The largest absolute Gasteiger partial charge is 0.329 e. The predicted octanol–water partition coefficient (Wildman–Crippen LogP) is 0.679. The highest BCUT2D eigenvalue weighted by atomic mass is 14.9. The summed E-state index contributed by atoms with van der Waals surface area (Å²) in [5, 5.41) is 3.31. The summed E-state index contributed by atoms with van der Waals surface area (Å²) in [6.07, 6.45) is 0.